The highest BCUT2D eigenvalue weighted by Gasteiger charge is 2.34. The van der Waals surface area contributed by atoms with Gasteiger partial charge in [-0.3, -0.25) is 14.9 Å². The summed E-state index contributed by atoms with van der Waals surface area (Å²) >= 11 is 0. The number of nitrogens with one attached hydrogen (secondary N) is 2. The largest absolute Gasteiger partial charge is 0.411 e. The maximum absolute atomic E-state index is 14.0. The topological polar surface area (TPSA) is 195 Å². The molecule has 4 atom stereocenters. The van der Waals surface area contributed by atoms with E-state index in [9.17, 15) is 33.2 Å². The Morgan fingerprint density at radius 3 is 2.20 bits per heavy atom. The quantitative estimate of drug-likeness (QED) is 0.0642. The van der Waals surface area contributed by atoms with Crippen LogP contribution in [-0.4, -0.2) is 89.3 Å². The smallest absolute Gasteiger partial charge is 0.318 e. The van der Waals surface area contributed by atoms with Crippen molar-refractivity contribution in [3.8, 4) is 0 Å². The Kier molecular flexibility index (Phi) is 15.1. The Hall–Kier alpha value is -4.86. The number of amides is 3. The van der Waals surface area contributed by atoms with Crippen LogP contribution in [0.3, 0.4) is 0 Å². The lowest BCUT2D eigenvalue weighted by atomic mass is 9.96. The van der Waals surface area contributed by atoms with Crippen LogP contribution in [0.15, 0.2) is 88.9 Å². The van der Waals surface area contributed by atoms with Crippen LogP contribution in [0.25, 0.3) is 0 Å². The van der Waals surface area contributed by atoms with E-state index in [4.69, 9.17) is 5.21 Å². The van der Waals surface area contributed by atoms with Gasteiger partial charge in [0.25, 0.3) is 5.69 Å². The zero-order chi connectivity index (χ0) is 37.7. The van der Waals surface area contributed by atoms with Gasteiger partial charge >= 0.3 is 6.03 Å². The van der Waals surface area contributed by atoms with Gasteiger partial charge < -0.3 is 25.8 Å². The summed E-state index contributed by atoms with van der Waals surface area (Å²) in [5.74, 6) is -0.980. The number of aliphatic hydroxyl groups is 1. The van der Waals surface area contributed by atoms with Crippen molar-refractivity contribution in [3.05, 3.63) is 106 Å². The highest BCUT2D eigenvalue weighted by Crippen LogP contribution is 2.21. The molecular formula is C36H48N6O8S. The average Bonchev–Trinajstić information content (AvgIpc) is 3.10. The zero-order valence-corrected chi connectivity index (χ0v) is 30.4. The molecule has 276 valence electrons. The minimum atomic E-state index is -4.10. The molecule has 3 rings (SSSR count). The number of hydrogen-bond acceptors (Lipinski definition) is 9. The van der Waals surface area contributed by atoms with E-state index < -0.39 is 45.1 Å². The predicted molar refractivity (Wildman–Crippen MR) is 194 cm³/mol. The number of non-ortho nitro benzene ring substituents is 1. The first kappa shape index (κ1) is 40.6. The van der Waals surface area contributed by atoms with Gasteiger partial charge in [-0.05, 0) is 47.1 Å². The number of benzene rings is 3. The molecule has 0 aliphatic carbocycles. The van der Waals surface area contributed by atoms with E-state index in [1.165, 1.54) is 64.9 Å². The third-order valence-corrected chi connectivity index (χ3v) is 10.3. The number of nitro benzene ring substituents is 1. The fraction of sp³-hybridized carbons (Fsp3) is 0.417. The number of nitro groups is 1. The molecule has 0 aliphatic rings. The van der Waals surface area contributed by atoms with Gasteiger partial charge in [-0.2, -0.15) is 4.31 Å². The molecule has 3 amide bonds. The molecule has 0 saturated heterocycles. The fourth-order valence-corrected chi connectivity index (χ4v) is 7.06. The van der Waals surface area contributed by atoms with Crippen LogP contribution in [0.1, 0.15) is 50.8 Å². The first-order valence-corrected chi connectivity index (χ1v) is 18.1. The second-order valence-electron chi connectivity index (χ2n) is 13.0. The third kappa shape index (κ3) is 11.9. The molecule has 3 aromatic rings. The zero-order valence-electron chi connectivity index (χ0n) is 29.5. The highest BCUT2D eigenvalue weighted by molar-refractivity contribution is 7.89. The molecule has 0 aromatic heterocycles. The molecule has 4 N–H and O–H groups in total. The number of rotatable bonds is 18. The number of carbonyl (C=O) groups is 2. The maximum atomic E-state index is 14.0. The maximum Gasteiger partial charge on any atom is 0.318 e. The van der Waals surface area contributed by atoms with Crippen LogP contribution in [0.2, 0.25) is 0 Å². The number of hydrogen-bond donors (Lipinski definition) is 4. The van der Waals surface area contributed by atoms with Crippen molar-refractivity contribution in [2.45, 2.75) is 70.2 Å². The molecule has 15 heteroatoms. The van der Waals surface area contributed by atoms with Crippen molar-refractivity contribution in [1.29, 1.82) is 0 Å². The average molecular weight is 725 g/mol. The molecule has 1 unspecified atom stereocenters. The lowest BCUT2D eigenvalue weighted by Crippen LogP contribution is -2.58. The molecule has 0 spiro atoms. The van der Waals surface area contributed by atoms with Crippen LogP contribution in [0, 0.1) is 22.0 Å². The van der Waals surface area contributed by atoms with Crippen LogP contribution in [0.5, 0.6) is 0 Å². The Labute approximate surface area is 299 Å². The van der Waals surface area contributed by atoms with Crippen molar-refractivity contribution in [1.82, 2.24) is 19.8 Å². The second kappa shape index (κ2) is 18.9. The normalized spacial score (nSPS) is 14.2. The van der Waals surface area contributed by atoms with Crippen molar-refractivity contribution in [2.75, 3.05) is 20.1 Å². The summed E-state index contributed by atoms with van der Waals surface area (Å²) in [5.41, 5.74) is 1.72. The summed E-state index contributed by atoms with van der Waals surface area (Å²) in [7, 11) is -2.58. The van der Waals surface area contributed by atoms with Crippen LogP contribution in [0.4, 0.5) is 10.5 Å². The lowest BCUT2D eigenvalue weighted by Gasteiger charge is -2.33. The SMILES string of the molecule is CC[C@H](C)[C@@H](NC(=O)N(C)Cc1cccc([N+](=O)[O-])c1)C(=O)N[C@@H](Cc1ccccc1)C(O)CN(CC(C)C)S(=O)(=O)c1ccc(/C=N/O)cc1. The molecule has 0 heterocycles. The van der Waals surface area contributed by atoms with E-state index in [0.29, 0.717) is 17.5 Å². The van der Waals surface area contributed by atoms with Crippen molar-refractivity contribution >= 4 is 33.9 Å². The number of urea groups is 1. The molecule has 0 aliphatic heterocycles. The van der Waals surface area contributed by atoms with Gasteiger partial charge in [0.1, 0.15) is 6.04 Å². The van der Waals surface area contributed by atoms with Crippen LogP contribution in [-0.2, 0) is 27.8 Å². The molecule has 0 bridgehead atoms. The Balaban J connectivity index is 1.86. The van der Waals surface area contributed by atoms with Gasteiger partial charge in [-0.1, -0.05) is 93.9 Å². The number of nitrogens with zero attached hydrogens (tertiary/aromatic N) is 4. The summed E-state index contributed by atoms with van der Waals surface area (Å²) in [5, 5.41) is 40.4. The molecule has 0 radical (unpaired) electrons. The van der Waals surface area contributed by atoms with Crippen molar-refractivity contribution < 1.29 is 33.2 Å². The van der Waals surface area contributed by atoms with Gasteiger partial charge in [-0.25, -0.2) is 13.2 Å². The van der Waals surface area contributed by atoms with Crippen molar-refractivity contribution in [2.24, 2.45) is 17.0 Å². The van der Waals surface area contributed by atoms with Crippen molar-refractivity contribution in [3.63, 3.8) is 0 Å². The lowest BCUT2D eigenvalue weighted by molar-refractivity contribution is -0.384. The number of oxime groups is 1. The Morgan fingerprint density at radius 2 is 1.61 bits per heavy atom. The number of aliphatic hydroxyl groups excluding tert-OH is 1. The minimum absolute atomic E-state index is 0.0112. The molecular weight excluding hydrogens is 676 g/mol. The molecule has 0 fully saturated rings. The van der Waals surface area contributed by atoms with E-state index in [1.54, 1.807) is 6.07 Å². The van der Waals surface area contributed by atoms with E-state index in [-0.39, 0.29) is 48.5 Å². The summed E-state index contributed by atoms with van der Waals surface area (Å²) in [6, 6.07) is 18.3. The molecule has 3 aromatic carbocycles. The van der Waals surface area contributed by atoms with Gasteiger partial charge in [0.05, 0.1) is 28.2 Å². The van der Waals surface area contributed by atoms with Crippen LogP contribution < -0.4 is 10.6 Å². The summed E-state index contributed by atoms with van der Waals surface area (Å²) < 4.78 is 28.9. The minimum Gasteiger partial charge on any atom is -0.411 e. The van der Waals surface area contributed by atoms with E-state index in [0.717, 1.165) is 5.56 Å². The number of carbonyl (C=O) groups excluding carboxylic acids is 2. The first-order valence-electron chi connectivity index (χ1n) is 16.7. The Morgan fingerprint density at radius 1 is 0.961 bits per heavy atom. The van der Waals surface area contributed by atoms with Gasteiger partial charge in [0, 0.05) is 38.8 Å². The van der Waals surface area contributed by atoms with E-state index >= 15 is 0 Å². The monoisotopic (exact) mass is 724 g/mol. The van der Waals surface area contributed by atoms with Gasteiger partial charge in [0.15, 0.2) is 0 Å². The van der Waals surface area contributed by atoms with Crippen LogP contribution >= 0.6 is 0 Å². The number of sulfonamides is 1. The van der Waals surface area contributed by atoms with Gasteiger partial charge in [-0.15, -0.1) is 0 Å². The summed E-state index contributed by atoms with van der Waals surface area (Å²) in [4.78, 5) is 39.3. The van der Waals surface area contributed by atoms with Gasteiger partial charge in [0.2, 0.25) is 15.9 Å². The summed E-state index contributed by atoms with van der Waals surface area (Å²) in [6.45, 7) is 7.21. The highest BCUT2D eigenvalue weighted by atomic mass is 32.2. The van der Waals surface area contributed by atoms with E-state index in [1.807, 2.05) is 58.0 Å². The second-order valence-corrected chi connectivity index (χ2v) is 14.9. The standard InChI is InChI=1S/C36H48N6O8S/c1-6-26(4)34(39-36(45)40(5)23-29-13-10-14-30(19-29)42(47)48)35(44)38-32(20-27-11-8-7-9-12-27)33(43)24-41(22-25(2)3)51(49,50)31-17-15-28(16-18-31)21-37-46/h7-19,21,25-26,32-34,43,46H,6,20,22-24H2,1-5H3,(H,38,44)(H,39,45)/b37-21+/t26-,32-,33?,34+/m0/s1. The molecule has 51 heavy (non-hydrogen) atoms. The predicted octanol–water partition coefficient (Wildman–Crippen LogP) is 4.39. The molecule has 0 saturated carbocycles. The fourth-order valence-electron chi connectivity index (χ4n) is 5.44. The van der Waals surface area contributed by atoms with E-state index in [2.05, 4.69) is 15.8 Å². The Bertz CT molecular complexity index is 1740. The summed E-state index contributed by atoms with van der Waals surface area (Å²) in [6.07, 6.45) is 0.523. The first-order chi connectivity index (χ1) is 24.2. The molecule has 14 nitrogen and oxygen atoms in total. The third-order valence-electron chi connectivity index (χ3n) is 8.44.